The van der Waals surface area contributed by atoms with Gasteiger partial charge < -0.3 is 19.1 Å². The molecule has 156 valence electrons. The highest BCUT2D eigenvalue weighted by Gasteiger charge is 2.17. The van der Waals surface area contributed by atoms with Crippen molar-refractivity contribution < 1.29 is 28.2 Å². The van der Waals surface area contributed by atoms with Crippen molar-refractivity contribution in [2.45, 2.75) is 19.4 Å². The number of aryl methyl sites for hydroxylation is 1. The van der Waals surface area contributed by atoms with Gasteiger partial charge in [-0.2, -0.15) is 0 Å². The highest BCUT2D eigenvalue weighted by molar-refractivity contribution is 6.31. The number of likely N-dealkylation sites (N-methyl/N-ethyl adjacent to an activating group) is 1. The van der Waals surface area contributed by atoms with Crippen molar-refractivity contribution in [2.24, 2.45) is 0 Å². The van der Waals surface area contributed by atoms with Crippen LogP contribution in [0.4, 0.5) is 4.39 Å². The molecule has 29 heavy (non-hydrogen) atoms. The molecule has 2 rings (SSSR count). The maximum Gasteiger partial charge on any atom is 0.306 e. The Balaban J connectivity index is 1.85. The maximum absolute atomic E-state index is 13.8. The molecule has 0 aromatic heterocycles. The lowest BCUT2D eigenvalue weighted by Gasteiger charge is -2.18. The first kappa shape index (κ1) is 22.5. The van der Waals surface area contributed by atoms with E-state index in [2.05, 4.69) is 0 Å². The summed E-state index contributed by atoms with van der Waals surface area (Å²) in [4.78, 5) is 25.4. The summed E-state index contributed by atoms with van der Waals surface area (Å²) in [5, 5.41) is 0.230. The monoisotopic (exact) mass is 423 g/mol. The number of para-hydroxylation sites is 1. The molecule has 2 aromatic carbocycles. The number of hydrogen-bond acceptors (Lipinski definition) is 5. The number of hydrogen-bond donors (Lipinski definition) is 0. The van der Waals surface area contributed by atoms with E-state index in [0.29, 0.717) is 17.9 Å². The van der Waals surface area contributed by atoms with E-state index in [9.17, 15) is 14.0 Å². The Morgan fingerprint density at radius 3 is 2.48 bits per heavy atom. The van der Waals surface area contributed by atoms with Crippen LogP contribution in [0.2, 0.25) is 5.02 Å². The van der Waals surface area contributed by atoms with Gasteiger partial charge in [-0.1, -0.05) is 29.8 Å². The van der Waals surface area contributed by atoms with Crippen LogP contribution in [-0.4, -0.2) is 44.7 Å². The number of rotatable bonds is 9. The van der Waals surface area contributed by atoms with Gasteiger partial charge in [-0.3, -0.25) is 9.59 Å². The molecule has 8 heteroatoms. The number of ether oxygens (including phenoxy) is 3. The molecule has 0 aliphatic heterocycles. The van der Waals surface area contributed by atoms with Crippen molar-refractivity contribution in [3.63, 3.8) is 0 Å². The van der Waals surface area contributed by atoms with Gasteiger partial charge in [0.1, 0.15) is 5.82 Å². The quantitative estimate of drug-likeness (QED) is 0.576. The standard InChI is InChI=1S/C21H23ClFNO5/c1-24(12-15-16(22)7-5-8-17(15)23)19(25)13-29-20(26)11-10-14-6-4-9-18(27-2)21(14)28-3/h4-9H,10-13H2,1-3H3. The van der Waals surface area contributed by atoms with E-state index in [0.717, 1.165) is 5.56 Å². The van der Waals surface area contributed by atoms with Crippen LogP contribution in [0.3, 0.4) is 0 Å². The van der Waals surface area contributed by atoms with Gasteiger partial charge in [0.2, 0.25) is 0 Å². The second kappa shape index (κ2) is 10.7. The Morgan fingerprint density at radius 2 is 1.83 bits per heavy atom. The van der Waals surface area contributed by atoms with Gasteiger partial charge in [0, 0.05) is 30.6 Å². The molecular weight excluding hydrogens is 401 g/mol. The largest absolute Gasteiger partial charge is 0.493 e. The summed E-state index contributed by atoms with van der Waals surface area (Å²) in [5.41, 5.74) is 1.00. The normalized spacial score (nSPS) is 10.4. The van der Waals surface area contributed by atoms with Crippen molar-refractivity contribution in [3.05, 3.63) is 58.4 Å². The van der Waals surface area contributed by atoms with Crippen LogP contribution in [0.1, 0.15) is 17.5 Å². The number of halogens is 2. The second-order valence-electron chi connectivity index (χ2n) is 6.26. The lowest BCUT2D eigenvalue weighted by atomic mass is 10.1. The minimum absolute atomic E-state index is 0.0249. The minimum Gasteiger partial charge on any atom is -0.493 e. The topological polar surface area (TPSA) is 65.1 Å². The van der Waals surface area contributed by atoms with Crippen LogP contribution in [0.15, 0.2) is 36.4 Å². The summed E-state index contributed by atoms with van der Waals surface area (Å²) in [6.45, 7) is -0.459. The Hall–Kier alpha value is -2.80. The Morgan fingerprint density at radius 1 is 1.10 bits per heavy atom. The highest BCUT2D eigenvalue weighted by atomic mass is 35.5. The molecule has 0 spiro atoms. The first-order valence-electron chi connectivity index (χ1n) is 8.89. The van der Waals surface area contributed by atoms with Crippen LogP contribution in [0.5, 0.6) is 11.5 Å². The number of methoxy groups -OCH3 is 2. The van der Waals surface area contributed by atoms with Gasteiger partial charge in [0.05, 0.1) is 14.2 Å². The predicted molar refractivity (Wildman–Crippen MR) is 107 cm³/mol. The molecule has 0 heterocycles. The molecule has 0 radical (unpaired) electrons. The van der Waals surface area contributed by atoms with Crippen molar-refractivity contribution in [1.29, 1.82) is 0 Å². The lowest BCUT2D eigenvalue weighted by molar-refractivity contribution is -0.151. The summed E-state index contributed by atoms with van der Waals surface area (Å²) >= 11 is 5.97. The average Bonchev–Trinajstić information content (AvgIpc) is 2.72. The molecule has 0 atom stereocenters. The summed E-state index contributed by atoms with van der Waals surface area (Å²) in [7, 11) is 4.54. The minimum atomic E-state index is -0.527. The zero-order valence-corrected chi connectivity index (χ0v) is 17.3. The number of benzene rings is 2. The lowest BCUT2D eigenvalue weighted by Crippen LogP contribution is -2.31. The summed E-state index contributed by atoms with van der Waals surface area (Å²) in [5.74, 6) is -0.360. The fraction of sp³-hybridized carbons (Fsp3) is 0.333. The van der Waals surface area contributed by atoms with Crippen molar-refractivity contribution in [1.82, 2.24) is 4.90 Å². The molecule has 6 nitrogen and oxygen atoms in total. The smallest absolute Gasteiger partial charge is 0.306 e. The molecule has 0 saturated carbocycles. The van der Waals surface area contributed by atoms with Crippen molar-refractivity contribution in [2.75, 3.05) is 27.9 Å². The van der Waals surface area contributed by atoms with E-state index in [1.165, 1.54) is 38.3 Å². The Bertz CT molecular complexity index is 854. The van der Waals surface area contributed by atoms with Gasteiger partial charge in [-0.15, -0.1) is 0 Å². The molecule has 1 amide bonds. The maximum atomic E-state index is 13.8. The molecule has 0 fully saturated rings. The number of carbonyl (C=O) groups is 2. The van der Waals surface area contributed by atoms with Crippen molar-refractivity contribution in [3.8, 4) is 11.5 Å². The molecule has 2 aromatic rings. The number of amides is 1. The third kappa shape index (κ3) is 6.09. The number of nitrogens with zero attached hydrogens (tertiary/aromatic N) is 1. The zero-order chi connectivity index (χ0) is 21.4. The van der Waals surface area contributed by atoms with E-state index in [-0.39, 0.29) is 23.6 Å². The SMILES string of the molecule is COc1cccc(CCC(=O)OCC(=O)N(C)Cc2c(F)cccc2Cl)c1OC. The van der Waals surface area contributed by atoms with Crippen LogP contribution < -0.4 is 9.47 Å². The molecule has 0 saturated heterocycles. The zero-order valence-electron chi connectivity index (χ0n) is 16.5. The third-order valence-corrected chi connectivity index (χ3v) is 4.68. The van der Waals surface area contributed by atoms with Gasteiger partial charge in [-0.25, -0.2) is 4.39 Å². The fourth-order valence-electron chi connectivity index (χ4n) is 2.72. The first-order valence-corrected chi connectivity index (χ1v) is 9.27. The van der Waals surface area contributed by atoms with E-state index < -0.39 is 24.3 Å². The number of esters is 1. The van der Waals surface area contributed by atoms with Crippen LogP contribution in [-0.2, 0) is 27.3 Å². The van der Waals surface area contributed by atoms with Gasteiger partial charge >= 0.3 is 5.97 Å². The van der Waals surface area contributed by atoms with Crippen LogP contribution >= 0.6 is 11.6 Å². The van der Waals surface area contributed by atoms with Crippen LogP contribution in [0, 0.1) is 5.82 Å². The van der Waals surface area contributed by atoms with Gasteiger partial charge in [0.15, 0.2) is 18.1 Å². The summed E-state index contributed by atoms with van der Waals surface area (Å²) in [6.07, 6.45) is 0.438. The highest BCUT2D eigenvalue weighted by Crippen LogP contribution is 2.31. The molecule has 0 unspecified atom stereocenters. The van der Waals surface area contributed by atoms with Crippen LogP contribution in [0.25, 0.3) is 0 Å². The van der Waals surface area contributed by atoms with E-state index in [4.69, 9.17) is 25.8 Å². The summed E-state index contributed by atoms with van der Waals surface area (Å²) < 4.78 is 29.4. The first-order chi connectivity index (χ1) is 13.9. The molecular formula is C21H23ClFNO5. The fourth-order valence-corrected chi connectivity index (χ4v) is 2.94. The summed E-state index contributed by atoms with van der Waals surface area (Å²) in [6, 6.07) is 9.69. The van der Waals surface area contributed by atoms with E-state index in [1.54, 1.807) is 18.2 Å². The molecule has 0 aliphatic carbocycles. The van der Waals surface area contributed by atoms with E-state index >= 15 is 0 Å². The Labute approximate surface area is 174 Å². The average molecular weight is 424 g/mol. The third-order valence-electron chi connectivity index (χ3n) is 4.32. The molecule has 0 bridgehead atoms. The van der Waals surface area contributed by atoms with Gasteiger partial charge in [0.25, 0.3) is 5.91 Å². The second-order valence-corrected chi connectivity index (χ2v) is 6.67. The van der Waals surface area contributed by atoms with Gasteiger partial charge in [-0.05, 0) is 30.2 Å². The van der Waals surface area contributed by atoms with Crippen molar-refractivity contribution >= 4 is 23.5 Å². The number of carbonyl (C=O) groups excluding carboxylic acids is 2. The molecule has 0 aliphatic rings. The Kier molecular flexibility index (Phi) is 8.27. The predicted octanol–water partition coefficient (Wildman–Crippen LogP) is 3.63. The van der Waals surface area contributed by atoms with E-state index in [1.807, 2.05) is 6.07 Å². The molecule has 0 N–H and O–H groups in total.